The minimum Gasteiger partial charge on any atom is -0.481 e. The summed E-state index contributed by atoms with van der Waals surface area (Å²) in [5, 5.41) is 41.3. The van der Waals surface area contributed by atoms with Gasteiger partial charge in [-0.05, 0) is 6.42 Å². The SMILES string of the molecule is NC(=O)CC(NC(=O)C(CCC(=O)O)NC(=O)C(N)CC(=O)O)C(=O)NC(CO)C(=O)O. The molecule has 0 rings (SSSR count). The highest BCUT2D eigenvalue weighted by atomic mass is 16.4. The van der Waals surface area contributed by atoms with Gasteiger partial charge in [-0.15, -0.1) is 0 Å². The van der Waals surface area contributed by atoms with Crippen LogP contribution in [-0.4, -0.2) is 92.7 Å². The second-order valence-corrected chi connectivity index (χ2v) is 6.51. The van der Waals surface area contributed by atoms with Crippen molar-refractivity contribution in [3.8, 4) is 0 Å². The number of carboxylic acid groups (broad SMARTS) is 3. The van der Waals surface area contributed by atoms with Gasteiger partial charge < -0.3 is 47.8 Å². The number of carbonyl (C=O) groups is 7. The summed E-state index contributed by atoms with van der Waals surface area (Å²) in [6, 6.07) is -6.66. The Morgan fingerprint density at radius 2 is 1.22 bits per heavy atom. The number of aliphatic hydroxyl groups is 1. The molecule has 0 aromatic rings. The zero-order chi connectivity index (χ0) is 25.0. The Kier molecular flexibility index (Phi) is 11.9. The number of hydrogen-bond donors (Lipinski definition) is 9. The van der Waals surface area contributed by atoms with Gasteiger partial charge >= 0.3 is 17.9 Å². The lowest BCUT2D eigenvalue weighted by Crippen LogP contribution is -2.58. The van der Waals surface area contributed by atoms with Gasteiger partial charge in [0, 0.05) is 6.42 Å². The van der Waals surface area contributed by atoms with Crippen molar-refractivity contribution in [3.05, 3.63) is 0 Å². The molecule has 0 spiro atoms. The maximum atomic E-state index is 12.5. The Labute approximate surface area is 180 Å². The summed E-state index contributed by atoms with van der Waals surface area (Å²) in [4.78, 5) is 80.5. The first-order valence-electron chi connectivity index (χ1n) is 9.00. The zero-order valence-corrected chi connectivity index (χ0v) is 16.6. The number of carboxylic acids is 3. The van der Waals surface area contributed by atoms with Crippen LogP contribution in [0.25, 0.3) is 0 Å². The van der Waals surface area contributed by atoms with Gasteiger partial charge in [0.2, 0.25) is 23.6 Å². The molecule has 0 bridgehead atoms. The highest BCUT2D eigenvalue weighted by Crippen LogP contribution is 2.03. The van der Waals surface area contributed by atoms with Crippen LogP contribution in [-0.2, 0) is 33.6 Å². The molecule has 0 aromatic heterocycles. The predicted molar refractivity (Wildman–Crippen MR) is 101 cm³/mol. The van der Waals surface area contributed by atoms with Crippen molar-refractivity contribution in [3.63, 3.8) is 0 Å². The van der Waals surface area contributed by atoms with Crippen LogP contribution < -0.4 is 27.4 Å². The first-order valence-corrected chi connectivity index (χ1v) is 9.00. The third-order valence-electron chi connectivity index (χ3n) is 3.85. The number of hydrogen-bond acceptors (Lipinski definition) is 9. The van der Waals surface area contributed by atoms with Crippen molar-refractivity contribution in [2.75, 3.05) is 6.61 Å². The maximum absolute atomic E-state index is 12.5. The number of aliphatic hydroxyl groups excluding tert-OH is 1. The number of rotatable bonds is 15. The van der Waals surface area contributed by atoms with E-state index in [9.17, 15) is 33.6 Å². The molecule has 0 aliphatic rings. The van der Waals surface area contributed by atoms with Crippen molar-refractivity contribution in [2.45, 2.75) is 49.9 Å². The smallest absolute Gasteiger partial charge is 0.328 e. The van der Waals surface area contributed by atoms with E-state index >= 15 is 0 Å². The van der Waals surface area contributed by atoms with Crippen LogP contribution in [0.1, 0.15) is 25.7 Å². The van der Waals surface area contributed by atoms with Crippen LogP contribution in [0.5, 0.6) is 0 Å². The van der Waals surface area contributed by atoms with E-state index in [1.54, 1.807) is 0 Å². The van der Waals surface area contributed by atoms with Gasteiger partial charge in [0.15, 0.2) is 0 Å². The predicted octanol–water partition coefficient (Wildman–Crippen LogP) is -4.94. The molecule has 4 unspecified atom stereocenters. The minimum absolute atomic E-state index is 0.494. The second-order valence-electron chi connectivity index (χ2n) is 6.51. The van der Waals surface area contributed by atoms with Crippen LogP contribution in [0.4, 0.5) is 0 Å². The third-order valence-corrected chi connectivity index (χ3v) is 3.85. The number of primary amides is 1. The Hall–Kier alpha value is -3.79. The van der Waals surface area contributed by atoms with E-state index < -0.39 is 98.0 Å². The molecule has 0 radical (unpaired) electrons. The van der Waals surface area contributed by atoms with Crippen molar-refractivity contribution >= 4 is 41.5 Å². The van der Waals surface area contributed by atoms with Crippen molar-refractivity contribution in [1.82, 2.24) is 16.0 Å². The first-order chi connectivity index (χ1) is 14.8. The molecule has 32 heavy (non-hydrogen) atoms. The number of amides is 4. The summed E-state index contributed by atoms with van der Waals surface area (Å²) in [5.41, 5.74) is 10.4. The van der Waals surface area contributed by atoms with Crippen molar-refractivity contribution in [1.29, 1.82) is 0 Å². The lowest BCUT2D eigenvalue weighted by molar-refractivity contribution is -0.143. The fraction of sp³-hybridized carbons (Fsp3) is 0.562. The zero-order valence-electron chi connectivity index (χ0n) is 16.6. The minimum atomic E-state index is -1.76. The summed E-state index contributed by atoms with van der Waals surface area (Å²) >= 11 is 0. The van der Waals surface area contributed by atoms with Crippen LogP contribution >= 0.6 is 0 Å². The van der Waals surface area contributed by atoms with Gasteiger partial charge in [-0.1, -0.05) is 0 Å². The number of nitrogens with two attached hydrogens (primary N) is 2. The van der Waals surface area contributed by atoms with E-state index in [-0.39, 0.29) is 0 Å². The molecule has 0 saturated carbocycles. The quantitative estimate of drug-likeness (QED) is 0.110. The molecule has 180 valence electrons. The van der Waals surface area contributed by atoms with Gasteiger partial charge in [-0.25, -0.2) is 4.79 Å². The lowest BCUT2D eigenvalue weighted by Gasteiger charge is -2.24. The van der Waals surface area contributed by atoms with E-state index in [2.05, 4.69) is 5.32 Å². The Bertz CT molecular complexity index is 757. The molecule has 0 heterocycles. The highest BCUT2D eigenvalue weighted by molar-refractivity contribution is 5.96. The Morgan fingerprint density at radius 3 is 1.66 bits per heavy atom. The molecule has 4 atom stereocenters. The molecule has 16 nitrogen and oxygen atoms in total. The van der Waals surface area contributed by atoms with Crippen molar-refractivity contribution in [2.24, 2.45) is 11.5 Å². The average molecular weight is 463 g/mol. The summed E-state index contributed by atoms with van der Waals surface area (Å²) < 4.78 is 0. The summed E-state index contributed by atoms with van der Waals surface area (Å²) in [6.07, 6.45) is -2.70. The lowest BCUT2D eigenvalue weighted by atomic mass is 10.1. The second kappa shape index (κ2) is 13.5. The Morgan fingerprint density at radius 1 is 0.719 bits per heavy atom. The maximum Gasteiger partial charge on any atom is 0.328 e. The Balaban J connectivity index is 5.51. The molecule has 11 N–H and O–H groups in total. The standard InChI is InChI=1S/C16H25N5O11/c17-6(3-12(26)27)13(28)19-7(1-2-11(24)25)14(29)20-8(4-10(18)23)15(30)21-9(5-22)16(31)32/h6-9,22H,1-5,17H2,(H2,18,23)(H,19,28)(H,20,29)(H,21,30)(H,24,25)(H,26,27)(H,31,32). The van der Waals surface area contributed by atoms with Crippen LogP contribution in [0.15, 0.2) is 0 Å². The van der Waals surface area contributed by atoms with Gasteiger partial charge in [-0.2, -0.15) is 0 Å². The topological polar surface area (TPSA) is 289 Å². The third kappa shape index (κ3) is 10.8. The van der Waals surface area contributed by atoms with Gasteiger partial charge in [-0.3, -0.25) is 28.8 Å². The molecule has 16 heteroatoms. The van der Waals surface area contributed by atoms with Crippen LogP contribution in [0.3, 0.4) is 0 Å². The van der Waals surface area contributed by atoms with E-state index in [0.717, 1.165) is 0 Å². The van der Waals surface area contributed by atoms with E-state index in [0.29, 0.717) is 0 Å². The van der Waals surface area contributed by atoms with Gasteiger partial charge in [0.25, 0.3) is 0 Å². The molecule has 0 aliphatic heterocycles. The molecule has 0 aliphatic carbocycles. The summed E-state index contributed by atoms with van der Waals surface area (Å²) in [5.74, 6) is -8.89. The van der Waals surface area contributed by atoms with Crippen LogP contribution in [0, 0.1) is 0 Å². The molecule has 0 saturated heterocycles. The van der Waals surface area contributed by atoms with Gasteiger partial charge in [0.05, 0.1) is 25.5 Å². The molecule has 0 aromatic carbocycles. The average Bonchev–Trinajstić information content (AvgIpc) is 2.66. The molecule has 4 amide bonds. The summed E-state index contributed by atoms with van der Waals surface area (Å²) in [6.45, 7) is -1.00. The normalized spacial score (nSPS) is 14.2. The highest BCUT2D eigenvalue weighted by Gasteiger charge is 2.31. The van der Waals surface area contributed by atoms with Crippen molar-refractivity contribution < 1.29 is 54.0 Å². The van der Waals surface area contributed by atoms with E-state index in [1.165, 1.54) is 0 Å². The molecule has 0 fully saturated rings. The summed E-state index contributed by atoms with van der Waals surface area (Å²) in [7, 11) is 0. The first kappa shape index (κ1) is 28.2. The fourth-order valence-electron chi connectivity index (χ4n) is 2.24. The number of carbonyl (C=O) groups excluding carboxylic acids is 4. The largest absolute Gasteiger partial charge is 0.481 e. The van der Waals surface area contributed by atoms with Gasteiger partial charge in [0.1, 0.15) is 18.1 Å². The monoisotopic (exact) mass is 463 g/mol. The fourth-order valence-corrected chi connectivity index (χ4v) is 2.24. The molecular weight excluding hydrogens is 438 g/mol. The van der Waals surface area contributed by atoms with Crippen LogP contribution in [0.2, 0.25) is 0 Å². The van der Waals surface area contributed by atoms with E-state index in [1.807, 2.05) is 10.6 Å². The number of nitrogens with one attached hydrogen (secondary N) is 3. The number of aliphatic carboxylic acids is 3. The molecular formula is C16H25N5O11. The van der Waals surface area contributed by atoms with E-state index in [4.69, 9.17) is 31.9 Å².